The lowest BCUT2D eigenvalue weighted by atomic mass is 10.1. The molecule has 27 heavy (non-hydrogen) atoms. The Labute approximate surface area is 162 Å². The molecule has 4 rings (SSSR count). The molecular weight excluding hydrogens is 364 g/mol. The third-order valence-electron chi connectivity index (χ3n) is 4.53. The minimum absolute atomic E-state index is 0.257. The molecule has 1 N–H and O–H groups in total. The van der Waals surface area contributed by atoms with Gasteiger partial charge < -0.3 is 9.84 Å². The number of carbonyl (C=O) groups is 1. The van der Waals surface area contributed by atoms with E-state index in [0.717, 1.165) is 12.0 Å². The molecule has 1 atom stereocenters. The molecule has 1 aliphatic rings. The standard InChI is InChI=1S/C20H19ClN4O2/c1-12-22-19(25-27-12)18(10-13-8-9-13)24-20(26)17-7-3-6-16(23-17)14-4-2-5-15(21)11-14/h2-7,11,13,18H,8-10H2,1H3,(H,24,26)/t18-/m0/s1. The van der Waals surface area contributed by atoms with Crippen LogP contribution in [0.1, 0.15) is 47.5 Å². The first kappa shape index (κ1) is 17.7. The van der Waals surface area contributed by atoms with Gasteiger partial charge in [0.25, 0.3) is 5.91 Å². The molecule has 7 heteroatoms. The third-order valence-corrected chi connectivity index (χ3v) is 4.76. The number of aromatic nitrogens is 3. The zero-order valence-electron chi connectivity index (χ0n) is 14.9. The van der Waals surface area contributed by atoms with E-state index in [4.69, 9.17) is 16.1 Å². The zero-order valence-corrected chi connectivity index (χ0v) is 15.6. The Balaban J connectivity index is 1.55. The minimum Gasteiger partial charge on any atom is -0.341 e. The number of nitrogens with zero attached hydrogens (tertiary/aromatic N) is 3. The molecule has 2 heterocycles. The SMILES string of the molecule is Cc1nc([C@H](CC2CC2)NC(=O)c2cccc(-c3cccc(Cl)c3)n2)no1. The van der Waals surface area contributed by atoms with Crippen LogP contribution in [-0.2, 0) is 0 Å². The van der Waals surface area contributed by atoms with Gasteiger partial charge >= 0.3 is 0 Å². The summed E-state index contributed by atoms with van der Waals surface area (Å²) in [5, 5.41) is 7.62. The van der Waals surface area contributed by atoms with Crippen molar-refractivity contribution in [2.75, 3.05) is 0 Å². The van der Waals surface area contributed by atoms with E-state index < -0.39 is 0 Å². The van der Waals surface area contributed by atoms with Crippen LogP contribution < -0.4 is 5.32 Å². The van der Waals surface area contributed by atoms with Gasteiger partial charge in [-0.3, -0.25) is 4.79 Å². The molecule has 1 aromatic carbocycles. The van der Waals surface area contributed by atoms with E-state index >= 15 is 0 Å². The Morgan fingerprint density at radius 2 is 2.07 bits per heavy atom. The number of benzene rings is 1. The molecule has 1 aliphatic carbocycles. The van der Waals surface area contributed by atoms with Crippen LogP contribution in [0, 0.1) is 12.8 Å². The molecule has 1 amide bonds. The lowest BCUT2D eigenvalue weighted by Gasteiger charge is -2.15. The summed E-state index contributed by atoms with van der Waals surface area (Å²) in [6.45, 7) is 1.74. The maximum Gasteiger partial charge on any atom is 0.270 e. The van der Waals surface area contributed by atoms with Gasteiger partial charge in [0.05, 0.1) is 11.7 Å². The predicted molar refractivity (Wildman–Crippen MR) is 101 cm³/mol. The first-order valence-electron chi connectivity index (χ1n) is 8.92. The second-order valence-corrected chi connectivity index (χ2v) is 7.23. The first-order chi connectivity index (χ1) is 13.1. The number of halogens is 1. The van der Waals surface area contributed by atoms with Crippen molar-refractivity contribution in [1.82, 2.24) is 20.4 Å². The number of amides is 1. The topological polar surface area (TPSA) is 80.9 Å². The molecule has 1 fully saturated rings. The number of hydrogen-bond donors (Lipinski definition) is 1. The molecule has 3 aromatic rings. The first-order valence-corrected chi connectivity index (χ1v) is 9.30. The molecular formula is C20H19ClN4O2. The second kappa shape index (κ2) is 7.48. The minimum atomic E-state index is -0.279. The van der Waals surface area contributed by atoms with E-state index in [1.54, 1.807) is 19.1 Å². The third kappa shape index (κ3) is 4.34. The predicted octanol–water partition coefficient (Wildman–Crippen LogP) is 4.36. The molecule has 6 nitrogen and oxygen atoms in total. The van der Waals surface area contributed by atoms with E-state index in [2.05, 4.69) is 20.4 Å². The monoisotopic (exact) mass is 382 g/mol. The van der Waals surface area contributed by atoms with Gasteiger partial charge in [0.15, 0.2) is 5.82 Å². The quantitative estimate of drug-likeness (QED) is 0.684. The number of nitrogens with one attached hydrogen (secondary N) is 1. The summed E-state index contributed by atoms with van der Waals surface area (Å²) in [5.41, 5.74) is 1.90. The van der Waals surface area contributed by atoms with Crippen LogP contribution in [-0.4, -0.2) is 21.0 Å². The highest BCUT2D eigenvalue weighted by atomic mass is 35.5. The van der Waals surface area contributed by atoms with Crippen molar-refractivity contribution < 1.29 is 9.32 Å². The van der Waals surface area contributed by atoms with Crippen molar-refractivity contribution in [3.05, 3.63) is 64.9 Å². The summed E-state index contributed by atoms with van der Waals surface area (Å²) in [7, 11) is 0. The molecule has 0 bridgehead atoms. The van der Waals surface area contributed by atoms with Crippen molar-refractivity contribution in [2.24, 2.45) is 5.92 Å². The van der Waals surface area contributed by atoms with Gasteiger partial charge in [-0.05, 0) is 36.6 Å². The van der Waals surface area contributed by atoms with Crippen molar-refractivity contribution >= 4 is 17.5 Å². The second-order valence-electron chi connectivity index (χ2n) is 6.80. The van der Waals surface area contributed by atoms with Gasteiger partial charge in [-0.1, -0.05) is 47.8 Å². The highest BCUT2D eigenvalue weighted by Gasteiger charge is 2.30. The maximum atomic E-state index is 12.8. The Bertz CT molecular complexity index is 968. The van der Waals surface area contributed by atoms with E-state index in [9.17, 15) is 4.79 Å². The van der Waals surface area contributed by atoms with Gasteiger partial charge in [0.1, 0.15) is 5.69 Å². The Hall–Kier alpha value is -2.73. The highest BCUT2D eigenvalue weighted by Crippen LogP contribution is 2.37. The van der Waals surface area contributed by atoms with Gasteiger partial charge in [0, 0.05) is 17.5 Å². The highest BCUT2D eigenvalue weighted by molar-refractivity contribution is 6.30. The lowest BCUT2D eigenvalue weighted by Crippen LogP contribution is -2.30. The lowest BCUT2D eigenvalue weighted by molar-refractivity contribution is 0.0926. The molecule has 0 unspecified atom stereocenters. The van der Waals surface area contributed by atoms with Crippen molar-refractivity contribution in [3.8, 4) is 11.3 Å². The van der Waals surface area contributed by atoms with Gasteiger partial charge in [-0.2, -0.15) is 4.98 Å². The van der Waals surface area contributed by atoms with Gasteiger partial charge in [0.2, 0.25) is 5.89 Å². The summed E-state index contributed by atoms with van der Waals surface area (Å²) >= 11 is 6.06. The smallest absolute Gasteiger partial charge is 0.270 e. The Morgan fingerprint density at radius 1 is 1.26 bits per heavy atom. The fourth-order valence-corrected chi connectivity index (χ4v) is 3.16. The van der Waals surface area contributed by atoms with E-state index in [1.807, 2.05) is 30.3 Å². The van der Waals surface area contributed by atoms with E-state index in [0.29, 0.717) is 34.0 Å². The maximum absolute atomic E-state index is 12.8. The van der Waals surface area contributed by atoms with Crippen LogP contribution >= 0.6 is 11.6 Å². The summed E-state index contributed by atoms with van der Waals surface area (Å²) in [4.78, 5) is 21.6. The Kier molecular flexibility index (Phi) is 4.90. The normalized spacial score (nSPS) is 14.7. The van der Waals surface area contributed by atoms with Crippen molar-refractivity contribution in [2.45, 2.75) is 32.2 Å². The average Bonchev–Trinajstić information content (AvgIpc) is 3.39. The molecule has 0 aliphatic heterocycles. The van der Waals surface area contributed by atoms with Crippen LogP contribution in [0.4, 0.5) is 0 Å². The van der Waals surface area contributed by atoms with Crippen LogP contribution in [0.25, 0.3) is 11.3 Å². The fourth-order valence-electron chi connectivity index (χ4n) is 2.97. The number of rotatable bonds is 6. The van der Waals surface area contributed by atoms with Gasteiger partial charge in [-0.15, -0.1) is 0 Å². The van der Waals surface area contributed by atoms with Crippen LogP contribution in [0.15, 0.2) is 47.0 Å². The summed E-state index contributed by atoms with van der Waals surface area (Å²) in [6, 6.07) is 12.5. The van der Waals surface area contributed by atoms with Crippen molar-refractivity contribution in [1.29, 1.82) is 0 Å². The number of carbonyl (C=O) groups excluding carboxylic acids is 1. The summed E-state index contributed by atoms with van der Waals surface area (Å²) in [5.74, 6) is 1.34. The van der Waals surface area contributed by atoms with Gasteiger partial charge in [-0.25, -0.2) is 4.98 Å². The summed E-state index contributed by atoms with van der Waals surface area (Å²) < 4.78 is 5.08. The molecule has 2 aromatic heterocycles. The average molecular weight is 383 g/mol. The molecule has 0 spiro atoms. The van der Waals surface area contributed by atoms with Crippen LogP contribution in [0.2, 0.25) is 5.02 Å². The Morgan fingerprint density at radius 3 is 2.78 bits per heavy atom. The molecule has 0 radical (unpaired) electrons. The largest absolute Gasteiger partial charge is 0.341 e. The molecule has 138 valence electrons. The summed E-state index contributed by atoms with van der Waals surface area (Å²) in [6.07, 6.45) is 3.15. The number of hydrogen-bond acceptors (Lipinski definition) is 5. The van der Waals surface area contributed by atoms with Crippen LogP contribution in [0.5, 0.6) is 0 Å². The van der Waals surface area contributed by atoms with E-state index in [1.165, 1.54) is 12.8 Å². The zero-order chi connectivity index (χ0) is 18.8. The molecule has 0 saturated heterocycles. The molecule has 1 saturated carbocycles. The fraction of sp³-hybridized carbons (Fsp3) is 0.300. The van der Waals surface area contributed by atoms with Crippen LogP contribution in [0.3, 0.4) is 0 Å². The number of aryl methyl sites for hydroxylation is 1. The van der Waals surface area contributed by atoms with Crippen molar-refractivity contribution in [3.63, 3.8) is 0 Å². The van der Waals surface area contributed by atoms with E-state index in [-0.39, 0.29) is 11.9 Å². The number of pyridine rings is 1.